The SMILES string of the molecule is FC(F)(F)c1cnc(CN2CC3(CNC3)C2)nc1. The van der Waals surface area contributed by atoms with Crippen molar-refractivity contribution in [1.82, 2.24) is 20.2 Å². The Kier molecular flexibility index (Phi) is 2.56. The molecule has 2 saturated heterocycles. The minimum absolute atomic E-state index is 0.409. The molecule has 7 heteroatoms. The smallest absolute Gasteiger partial charge is 0.315 e. The molecule has 2 aliphatic heterocycles. The van der Waals surface area contributed by atoms with Crippen LogP contribution < -0.4 is 5.32 Å². The molecule has 1 aromatic rings. The lowest BCUT2D eigenvalue weighted by Gasteiger charge is -2.56. The van der Waals surface area contributed by atoms with Gasteiger partial charge in [0.25, 0.3) is 0 Å². The lowest BCUT2D eigenvalue weighted by Crippen LogP contribution is -2.70. The van der Waals surface area contributed by atoms with Gasteiger partial charge in [0.05, 0.1) is 12.1 Å². The van der Waals surface area contributed by atoms with Gasteiger partial charge < -0.3 is 5.32 Å². The topological polar surface area (TPSA) is 41.1 Å². The second-order valence-electron chi connectivity index (χ2n) is 5.13. The van der Waals surface area contributed by atoms with Crippen LogP contribution in [0.3, 0.4) is 0 Å². The molecule has 0 aliphatic carbocycles. The van der Waals surface area contributed by atoms with Gasteiger partial charge in [0.15, 0.2) is 0 Å². The Morgan fingerprint density at radius 2 is 1.83 bits per heavy atom. The number of likely N-dealkylation sites (tertiary alicyclic amines) is 1. The number of hydrogen-bond donors (Lipinski definition) is 1. The van der Waals surface area contributed by atoms with Gasteiger partial charge in [-0.1, -0.05) is 0 Å². The molecule has 1 N–H and O–H groups in total. The molecule has 0 radical (unpaired) electrons. The van der Waals surface area contributed by atoms with E-state index in [1.807, 2.05) is 0 Å². The number of hydrogen-bond acceptors (Lipinski definition) is 4. The van der Waals surface area contributed by atoms with Gasteiger partial charge in [-0.2, -0.15) is 13.2 Å². The normalized spacial score (nSPS) is 22.6. The van der Waals surface area contributed by atoms with E-state index >= 15 is 0 Å². The number of nitrogens with zero attached hydrogens (tertiary/aromatic N) is 3. The van der Waals surface area contributed by atoms with E-state index in [4.69, 9.17) is 0 Å². The maximum absolute atomic E-state index is 12.3. The van der Waals surface area contributed by atoms with Crippen LogP contribution in [0, 0.1) is 5.41 Å². The van der Waals surface area contributed by atoms with Gasteiger partial charge in [0, 0.05) is 44.0 Å². The van der Waals surface area contributed by atoms with Crippen molar-refractivity contribution >= 4 is 0 Å². The summed E-state index contributed by atoms with van der Waals surface area (Å²) in [6.07, 6.45) is -2.66. The summed E-state index contributed by atoms with van der Waals surface area (Å²) in [4.78, 5) is 9.70. The molecule has 4 nitrogen and oxygen atoms in total. The first-order valence-electron chi connectivity index (χ1n) is 5.78. The van der Waals surface area contributed by atoms with Crippen LogP contribution in [0.2, 0.25) is 0 Å². The second-order valence-corrected chi connectivity index (χ2v) is 5.13. The Balaban J connectivity index is 1.57. The first-order chi connectivity index (χ1) is 8.47. The third-order valence-corrected chi connectivity index (χ3v) is 3.52. The average molecular weight is 258 g/mol. The largest absolute Gasteiger partial charge is 0.419 e. The highest BCUT2D eigenvalue weighted by Gasteiger charge is 2.47. The Hall–Kier alpha value is -1.21. The fourth-order valence-electron chi connectivity index (χ4n) is 2.50. The predicted molar refractivity (Wildman–Crippen MR) is 57.6 cm³/mol. The Morgan fingerprint density at radius 1 is 1.22 bits per heavy atom. The maximum Gasteiger partial charge on any atom is 0.419 e. The molecule has 0 amide bonds. The Morgan fingerprint density at radius 3 is 2.28 bits per heavy atom. The molecule has 3 rings (SSSR count). The summed E-state index contributed by atoms with van der Waals surface area (Å²) in [5.74, 6) is 0.449. The van der Waals surface area contributed by atoms with Gasteiger partial charge >= 0.3 is 6.18 Å². The average Bonchev–Trinajstić information content (AvgIpc) is 2.19. The monoisotopic (exact) mass is 258 g/mol. The van der Waals surface area contributed by atoms with Gasteiger partial charge in [0.2, 0.25) is 0 Å². The highest BCUT2D eigenvalue weighted by molar-refractivity contribution is 5.10. The minimum Gasteiger partial charge on any atom is -0.315 e. The van der Waals surface area contributed by atoms with Crippen molar-refractivity contribution < 1.29 is 13.2 Å². The van der Waals surface area contributed by atoms with Crippen LogP contribution in [0.5, 0.6) is 0 Å². The van der Waals surface area contributed by atoms with E-state index in [1.165, 1.54) is 0 Å². The molecule has 0 saturated carbocycles. The summed E-state index contributed by atoms with van der Waals surface area (Å²) < 4.78 is 37.0. The van der Waals surface area contributed by atoms with E-state index in [2.05, 4.69) is 20.2 Å². The van der Waals surface area contributed by atoms with Gasteiger partial charge in [0.1, 0.15) is 5.82 Å². The first kappa shape index (κ1) is 11.9. The molecule has 3 heterocycles. The van der Waals surface area contributed by atoms with Gasteiger partial charge in [-0.3, -0.25) is 4.90 Å². The summed E-state index contributed by atoms with van der Waals surface area (Å²) >= 11 is 0. The van der Waals surface area contributed by atoms with Crippen molar-refractivity contribution in [2.75, 3.05) is 26.2 Å². The molecular weight excluding hydrogens is 245 g/mol. The highest BCUT2D eigenvalue weighted by Crippen LogP contribution is 2.34. The zero-order chi connectivity index (χ0) is 12.8. The molecule has 0 bridgehead atoms. The number of halogens is 3. The molecule has 18 heavy (non-hydrogen) atoms. The van der Waals surface area contributed by atoms with Crippen LogP contribution in [-0.4, -0.2) is 41.0 Å². The third kappa shape index (κ3) is 2.08. The van der Waals surface area contributed by atoms with Crippen molar-refractivity contribution in [3.63, 3.8) is 0 Å². The Bertz CT molecular complexity index is 431. The fourth-order valence-corrected chi connectivity index (χ4v) is 2.50. The van der Waals surface area contributed by atoms with Crippen LogP contribution in [0.25, 0.3) is 0 Å². The molecule has 0 aromatic carbocycles. The van der Waals surface area contributed by atoms with Gasteiger partial charge in [-0.05, 0) is 0 Å². The quantitative estimate of drug-likeness (QED) is 0.855. The molecular formula is C11H13F3N4. The number of nitrogens with one attached hydrogen (secondary N) is 1. The summed E-state index contributed by atoms with van der Waals surface area (Å²) in [6, 6.07) is 0. The van der Waals surface area contributed by atoms with E-state index in [0.29, 0.717) is 17.8 Å². The van der Waals surface area contributed by atoms with Crippen LogP contribution in [0.1, 0.15) is 11.4 Å². The molecule has 2 aliphatic rings. The molecule has 0 unspecified atom stereocenters. The summed E-state index contributed by atoms with van der Waals surface area (Å²) in [7, 11) is 0. The number of alkyl halides is 3. The fraction of sp³-hybridized carbons (Fsp3) is 0.636. The number of rotatable bonds is 2. The lowest BCUT2D eigenvalue weighted by molar-refractivity contribution is -0.138. The maximum atomic E-state index is 12.3. The van der Waals surface area contributed by atoms with E-state index in [-0.39, 0.29) is 0 Å². The van der Waals surface area contributed by atoms with E-state index in [1.54, 1.807) is 0 Å². The predicted octanol–water partition coefficient (Wildman–Crippen LogP) is 0.901. The zero-order valence-electron chi connectivity index (χ0n) is 9.67. The van der Waals surface area contributed by atoms with Crippen LogP contribution >= 0.6 is 0 Å². The van der Waals surface area contributed by atoms with Crippen molar-refractivity contribution in [1.29, 1.82) is 0 Å². The first-order valence-corrected chi connectivity index (χ1v) is 5.78. The van der Waals surface area contributed by atoms with E-state index < -0.39 is 11.7 Å². The molecule has 2 fully saturated rings. The van der Waals surface area contributed by atoms with E-state index in [9.17, 15) is 13.2 Å². The standard InChI is InChI=1S/C11H13F3N4/c12-11(13,14)8-1-16-9(17-2-8)3-18-6-10(7-18)4-15-5-10/h1-2,15H,3-7H2. The minimum atomic E-state index is -4.36. The summed E-state index contributed by atoms with van der Waals surface area (Å²) in [6.45, 7) is 4.56. The lowest BCUT2D eigenvalue weighted by atomic mass is 9.74. The molecule has 98 valence electrons. The van der Waals surface area contributed by atoms with Crippen molar-refractivity contribution in [2.24, 2.45) is 5.41 Å². The van der Waals surface area contributed by atoms with Crippen molar-refractivity contribution in [3.05, 3.63) is 23.8 Å². The zero-order valence-corrected chi connectivity index (χ0v) is 9.67. The molecule has 1 aromatic heterocycles. The van der Waals surface area contributed by atoms with E-state index in [0.717, 1.165) is 38.6 Å². The summed E-state index contributed by atoms with van der Waals surface area (Å²) in [5, 5.41) is 3.23. The third-order valence-electron chi connectivity index (χ3n) is 3.52. The summed E-state index contributed by atoms with van der Waals surface area (Å²) in [5.41, 5.74) is -0.388. The highest BCUT2D eigenvalue weighted by atomic mass is 19.4. The van der Waals surface area contributed by atoms with Crippen LogP contribution in [0.15, 0.2) is 12.4 Å². The molecule has 1 spiro atoms. The second kappa shape index (κ2) is 3.89. The van der Waals surface area contributed by atoms with Crippen LogP contribution in [-0.2, 0) is 12.7 Å². The Labute approximate surface area is 102 Å². The van der Waals surface area contributed by atoms with Crippen LogP contribution in [0.4, 0.5) is 13.2 Å². The number of aromatic nitrogens is 2. The van der Waals surface area contributed by atoms with Crippen molar-refractivity contribution in [3.8, 4) is 0 Å². The van der Waals surface area contributed by atoms with Gasteiger partial charge in [-0.25, -0.2) is 9.97 Å². The molecule has 0 atom stereocenters. The van der Waals surface area contributed by atoms with Gasteiger partial charge in [-0.15, -0.1) is 0 Å². The van der Waals surface area contributed by atoms with Crippen molar-refractivity contribution in [2.45, 2.75) is 12.7 Å².